The van der Waals surface area contributed by atoms with Crippen molar-refractivity contribution in [3.63, 3.8) is 0 Å². The molecule has 2 aliphatic rings. The van der Waals surface area contributed by atoms with E-state index in [0.29, 0.717) is 32.5 Å². The Morgan fingerprint density at radius 2 is 1.84 bits per heavy atom. The molecule has 0 aromatic heterocycles. The van der Waals surface area contributed by atoms with Gasteiger partial charge < -0.3 is 28.8 Å². The highest BCUT2D eigenvalue weighted by Gasteiger charge is 2.41. The van der Waals surface area contributed by atoms with Gasteiger partial charge in [0, 0.05) is 19.3 Å². The van der Waals surface area contributed by atoms with Crippen molar-refractivity contribution < 1.29 is 33.6 Å². The maximum absolute atomic E-state index is 12.1. The summed E-state index contributed by atoms with van der Waals surface area (Å²) in [5.41, 5.74) is 0. The number of hydrogen-bond donors (Lipinski definition) is 1. The van der Waals surface area contributed by atoms with Crippen LogP contribution in [-0.2, 0) is 28.5 Å². The van der Waals surface area contributed by atoms with Crippen LogP contribution in [0.2, 0.25) is 0 Å². The van der Waals surface area contributed by atoms with E-state index in [-0.39, 0.29) is 30.7 Å². The van der Waals surface area contributed by atoms with Crippen molar-refractivity contribution in [3.8, 4) is 0 Å². The molecule has 0 bridgehead atoms. The zero-order valence-electron chi connectivity index (χ0n) is 20.2. The molecule has 2 heterocycles. The van der Waals surface area contributed by atoms with E-state index >= 15 is 0 Å². The first-order valence-corrected chi connectivity index (χ1v) is 12.2. The Morgan fingerprint density at radius 3 is 2.52 bits per heavy atom. The Balaban J connectivity index is 1.97. The summed E-state index contributed by atoms with van der Waals surface area (Å²) in [5, 5.41) is 10.4. The molecule has 2 aliphatic heterocycles. The molecule has 2 saturated heterocycles. The van der Waals surface area contributed by atoms with Crippen LogP contribution in [0, 0.1) is 0 Å². The summed E-state index contributed by atoms with van der Waals surface area (Å²) in [6, 6.07) is 0. The maximum Gasteiger partial charge on any atom is 0.305 e. The maximum atomic E-state index is 12.1. The lowest BCUT2D eigenvalue weighted by Gasteiger charge is -2.45. The van der Waals surface area contributed by atoms with Crippen LogP contribution in [0.25, 0.3) is 0 Å². The highest BCUT2D eigenvalue weighted by atomic mass is 16.7. The average Bonchev–Trinajstić information content (AvgIpc) is 2.65. The number of aliphatic hydroxyl groups excluding tert-OH is 1. The van der Waals surface area contributed by atoms with Gasteiger partial charge >= 0.3 is 5.97 Å². The molecule has 0 aromatic carbocycles. The first-order valence-electron chi connectivity index (χ1n) is 12.2. The van der Waals surface area contributed by atoms with Gasteiger partial charge in [-0.15, -0.1) is 0 Å². The van der Waals surface area contributed by atoms with E-state index in [0.717, 1.165) is 38.5 Å². The molecule has 0 aromatic rings. The van der Waals surface area contributed by atoms with Gasteiger partial charge in [-0.05, 0) is 46.5 Å². The second-order valence-corrected chi connectivity index (χ2v) is 9.61. The van der Waals surface area contributed by atoms with Crippen molar-refractivity contribution in [2.45, 2.75) is 135 Å². The highest BCUT2D eigenvalue weighted by Crippen LogP contribution is 2.36. The summed E-state index contributed by atoms with van der Waals surface area (Å²) in [5.74, 6) is -1.69. The Hall–Kier alpha value is -0.730. The predicted octanol–water partition coefficient (Wildman–Crippen LogP) is 4.48. The van der Waals surface area contributed by atoms with Crippen LogP contribution < -0.4 is 0 Å². The minimum Gasteiger partial charge on any atom is -0.466 e. The molecular formula is C24H44O7. The Kier molecular flexibility index (Phi) is 10.7. The molecule has 2 rings (SSSR count). The summed E-state index contributed by atoms with van der Waals surface area (Å²) in [6.07, 6.45) is 6.55. The van der Waals surface area contributed by atoms with Crippen molar-refractivity contribution in [2.75, 3.05) is 13.2 Å². The number of ether oxygens (including phenoxy) is 5. The van der Waals surface area contributed by atoms with Gasteiger partial charge in [0.2, 0.25) is 0 Å². The van der Waals surface area contributed by atoms with Crippen molar-refractivity contribution >= 4 is 5.97 Å². The van der Waals surface area contributed by atoms with Gasteiger partial charge in [-0.3, -0.25) is 4.79 Å². The first kappa shape index (κ1) is 26.5. The molecule has 0 aliphatic carbocycles. The molecule has 1 N–H and O–H groups in total. The molecule has 0 saturated carbocycles. The molecular weight excluding hydrogens is 400 g/mol. The molecule has 182 valence electrons. The van der Waals surface area contributed by atoms with E-state index in [9.17, 15) is 9.90 Å². The zero-order chi connectivity index (χ0) is 22.9. The lowest BCUT2D eigenvalue weighted by Crippen LogP contribution is -2.50. The second kappa shape index (κ2) is 12.5. The molecule has 31 heavy (non-hydrogen) atoms. The number of rotatable bonds is 12. The van der Waals surface area contributed by atoms with Crippen LogP contribution in [0.15, 0.2) is 0 Å². The van der Waals surface area contributed by atoms with Crippen LogP contribution in [0.1, 0.15) is 98.8 Å². The molecule has 2 fully saturated rings. The molecule has 5 unspecified atom stereocenters. The van der Waals surface area contributed by atoms with E-state index in [4.69, 9.17) is 23.7 Å². The molecule has 0 spiro atoms. The molecule has 7 nitrogen and oxygen atoms in total. The normalized spacial score (nSPS) is 31.9. The molecule has 7 heteroatoms. The quantitative estimate of drug-likeness (QED) is 0.351. The molecule has 0 radical (unpaired) electrons. The number of unbranched alkanes of at least 4 members (excludes halogenated alkanes) is 1. The molecule has 5 atom stereocenters. The Morgan fingerprint density at radius 1 is 1.10 bits per heavy atom. The van der Waals surface area contributed by atoms with E-state index < -0.39 is 17.7 Å². The number of esters is 1. The lowest BCUT2D eigenvalue weighted by atomic mass is 9.95. The van der Waals surface area contributed by atoms with Crippen LogP contribution in [0.5, 0.6) is 0 Å². The largest absolute Gasteiger partial charge is 0.466 e. The van der Waals surface area contributed by atoms with Gasteiger partial charge in [0.1, 0.15) is 0 Å². The number of carbonyl (C=O) groups excluding carboxylic acids is 1. The van der Waals surface area contributed by atoms with Gasteiger partial charge in [0.15, 0.2) is 11.6 Å². The fraction of sp³-hybridized carbons (Fsp3) is 0.958. The van der Waals surface area contributed by atoms with Crippen LogP contribution >= 0.6 is 0 Å². The van der Waals surface area contributed by atoms with Crippen molar-refractivity contribution in [1.29, 1.82) is 0 Å². The van der Waals surface area contributed by atoms with E-state index in [1.54, 1.807) is 0 Å². The van der Waals surface area contributed by atoms with Gasteiger partial charge in [-0.2, -0.15) is 0 Å². The van der Waals surface area contributed by atoms with Gasteiger partial charge in [0.05, 0.1) is 44.1 Å². The summed E-state index contributed by atoms with van der Waals surface area (Å²) >= 11 is 0. The number of hydrogen-bond acceptors (Lipinski definition) is 7. The third-order valence-electron chi connectivity index (χ3n) is 5.92. The number of carbonyl (C=O) groups is 1. The fourth-order valence-electron chi connectivity index (χ4n) is 4.40. The van der Waals surface area contributed by atoms with Crippen LogP contribution in [0.3, 0.4) is 0 Å². The van der Waals surface area contributed by atoms with Crippen molar-refractivity contribution in [2.24, 2.45) is 0 Å². The zero-order valence-corrected chi connectivity index (χ0v) is 20.2. The Labute approximate surface area is 188 Å². The van der Waals surface area contributed by atoms with Crippen LogP contribution in [-0.4, -0.2) is 60.3 Å². The van der Waals surface area contributed by atoms with Crippen molar-refractivity contribution in [3.05, 3.63) is 0 Å². The van der Waals surface area contributed by atoms with Crippen LogP contribution in [0.4, 0.5) is 0 Å². The standard InChI is InChI=1S/C24H44O7/c1-6-8-13-27-22(26)10-12-24(5)30-20(15-18(25)9-7-2)17-21(31-24)16-19-11-14-28-23(3,4)29-19/h18-21,25H,6-17H2,1-5H3. The minimum absolute atomic E-state index is 0.0522. The van der Waals surface area contributed by atoms with Gasteiger partial charge in [-0.25, -0.2) is 0 Å². The monoisotopic (exact) mass is 444 g/mol. The topological polar surface area (TPSA) is 83.5 Å². The predicted molar refractivity (Wildman–Crippen MR) is 118 cm³/mol. The molecule has 0 amide bonds. The minimum atomic E-state index is -0.885. The summed E-state index contributed by atoms with van der Waals surface area (Å²) in [7, 11) is 0. The highest BCUT2D eigenvalue weighted by molar-refractivity contribution is 5.69. The van der Waals surface area contributed by atoms with E-state index in [2.05, 4.69) is 13.8 Å². The smallest absolute Gasteiger partial charge is 0.305 e. The second-order valence-electron chi connectivity index (χ2n) is 9.61. The van der Waals surface area contributed by atoms with Crippen molar-refractivity contribution in [1.82, 2.24) is 0 Å². The summed E-state index contributed by atoms with van der Waals surface area (Å²) in [6.45, 7) is 11.0. The van der Waals surface area contributed by atoms with Gasteiger partial charge in [-0.1, -0.05) is 26.7 Å². The summed E-state index contributed by atoms with van der Waals surface area (Å²) in [4.78, 5) is 12.1. The fourth-order valence-corrected chi connectivity index (χ4v) is 4.40. The SMILES string of the molecule is CCCCOC(=O)CCC1(C)OC(CC(O)CCC)CC(CC2CCOC(C)(C)O2)O1. The number of aliphatic hydroxyl groups is 1. The van der Waals surface area contributed by atoms with E-state index in [1.807, 2.05) is 20.8 Å². The third-order valence-corrected chi connectivity index (χ3v) is 5.92. The third kappa shape index (κ3) is 9.74. The van der Waals surface area contributed by atoms with Gasteiger partial charge in [0.25, 0.3) is 0 Å². The lowest BCUT2D eigenvalue weighted by molar-refractivity contribution is -0.326. The average molecular weight is 445 g/mol. The first-order chi connectivity index (χ1) is 14.6. The Bertz CT molecular complexity index is 538. The van der Waals surface area contributed by atoms with E-state index in [1.165, 1.54) is 0 Å². The summed E-state index contributed by atoms with van der Waals surface area (Å²) < 4.78 is 29.7.